The summed E-state index contributed by atoms with van der Waals surface area (Å²) in [6.45, 7) is 6.36. The Labute approximate surface area is 137 Å². The normalized spacial score (nSPS) is 19.8. The second kappa shape index (κ2) is 5.04. The maximum absolute atomic E-state index is 14.4. The lowest BCUT2D eigenvalue weighted by atomic mass is 9.68. The molecule has 0 aromatic heterocycles. The second-order valence-corrected chi connectivity index (χ2v) is 7.23. The lowest BCUT2D eigenvalue weighted by Crippen LogP contribution is -2.31. The van der Waals surface area contributed by atoms with Gasteiger partial charge in [-0.25, -0.2) is 8.78 Å². The second-order valence-electron chi connectivity index (χ2n) is 5.98. The molecule has 0 spiro atoms. The predicted octanol–water partition coefficient (Wildman–Crippen LogP) is 5.90. The summed E-state index contributed by atoms with van der Waals surface area (Å²) in [5, 5.41) is 0. The fourth-order valence-corrected chi connectivity index (χ4v) is 4.35. The average Bonchev–Trinajstić information content (AvgIpc) is 2.68. The third-order valence-electron chi connectivity index (χ3n) is 4.81. The van der Waals surface area contributed by atoms with E-state index in [0.717, 1.165) is 32.7 Å². The molecule has 0 radical (unpaired) electrons. The van der Waals surface area contributed by atoms with Gasteiger partial charge in [-0.05, 0) is 69.8 Å². The lowest BCUT2D eigenvalue weighted by Gasteiger charge is -2.35. The molecule has 1 aliphatic carbocycles. The number of halogens is 3. The zero-order chi connectivity index (χ0) is 15.4. The Morgan fingerprint density at radius 3 is 2.43 bits per heavy atom. The zero-order valence-corrected chi connectivity index (χ0v) is 14.5. The summed E-state index contributed by atoms with van der Waals surface area (Å²) in [6.07, 6.45) is 0.827. The topological polar surface area (TPSA) is 0 Å². The van der Waals surface area contributed by atoms with Crippen LogP contribution in [0.25, 0.3) is 11.1 Å². The molecule has 0 nitrogen and oxygen atoms in total. The first-order chi connectivity index (χ1) is 9.91. The number of hydrogen-bond acceptors (Lipinski definition) is 0. The van der Waals surface area contributed by atoms with Crippen molar-refractivity contribution in [2.24, 2.45) is 5.92 Å². The molecule has 0 saturated heterocycles. The van der Waals surface area contributed by atoms with Crippen LogP contribution in [-0.2, 0) is 5.41 Å². The standard InChI is InChI=1S/C18H17F2I/c1-4-18(10(2)3)14-9-12(21)5-6-13(14)17-15(18)7-11(19)8-16(17)20/h5-10H,4H2,1-3H3. The van der Waals surface area contributed by atoms with Gasteiger partial charge in [0, 0.05) is 20.6 Å². The van der Waals surface area contributed by atoms with Gasteiger partial charge in [0.15, 0.2) is 0 Å². The maximum Gasteiger partial charge on any atom is 0.134 e. The fourth-order valence-electron chi connectivity index (χ4n) is 3.86. The quantitative estimate of drug-likeness (QED) is 0.553. The van der Waals surface area contributed by atoms with Crippen molar-refractivity contribution in [1.82, 2.24) is 0 Å². The molecule has 1 aliphatic rings. The first kappa shape index (κ1) is 14.9. The maximum atomic E-state index is 14.4. The van der Waals surface area contributed by atoms with Crippen molar-refractivity contribution in [3.63, 3.8) is 0 Å². The van der Waals surface area contributed by atoms with Crippen LogP contribution in [0.5, 0.6) is 0 Å². The molecule has 3 heteroatoms. The monoisotopic (exact) mass is 398 g/mol. The Morgan fingerprint density at radius 2 is 1.81 bits per heavy atom. The Kier molecular flexibility index (Phi) is 3.59. The third kappa shape index (κ3) is 1.96. The number of rotatable bonds is 2. The van der Waals surface area contributed by atoms with Crippen molar-refractivity contribution >= 4 is 22.6 Å². The van der Waals surface area contributed by atoms with Crippen LogP contribution >= 0.6 is 22.6 Å². The predicted molar refractivity (Wildman–Crippen MR) is 90.4 cm³/mol. The highest BCUT2D eigenvalue weighted by atomic mass is 127. The van der Waals surface area contributed by atoms with Crippen molar-refractivity contribution in [1.29, 1.82) is 0 Å². The van der Waals surface area contributed by atoms with E-state index in [9.17, 15) is 8.78 Å². The van der Waals surface area contributed by atoms with Crippen LogP contribution in [0.3, 0.4) is 0 Å². The molecular weight excluding hydrogens is 381 g/mol. The SMILES string of the molecule is CCC1(C(C)C)c2cc(I)ccc2-c2c(F)cc(F)cc21. The molecule has 0 amide bonds. The first-order valence-electron chi connectivity index (χ1n) is 7.21. The van der Waals surface area contributed by atoms with E-state index in [-0.39, 0.29) is 11.3 Å². The molecule has 110 valence electrons. The fraction of sp³-hybridized carbons (Fsp3) is 0.333. The van der Waals surface area contributed by atoms with Crippen LogP contribution in [-0.4, -0.2) is 0 Å². The van der Waals surface area contributed by atoms with E-state index in [1.807, 2.05) is 12.1 Å². The van der Waals surface area contributed by atoms with Gasteiger partial charge in [0.05, 0.1) is 0 Å². The number of benzene rings is 2. The van der Waals surface area contributed by atoms with Crippen LogP contribution in [0.15, 0.2) is 30.3 Å². The molecule has 0 bridgehead atoms. The summed E-state index contributed by atoms with van der Waals surface area (Å²) in [5.41, 5.74) is 3.12. The van der Waals surface area contributed by atoms with E-state index in [0.29, 0.717) is 5.56 Å². The van der Waals surface area contributed by atoms with Crippen LogP contribution in [0.4, 0.5) is 8.78 Å². The molecule has 0 heterocycles. The van der Waals surface area contributed by atoms with E-state index in [4.69, 9.17) is 0 Å². The average molecular weight is 398 g/mol. The molecule has 3 rings (SSSR count). The Hall–Kier alpha value is -0.970. The molecule has 1 unspecified atom stereocenters. The minimum atomic E-state index is -0.493. The van der Waals surface area contributed by atoms with Gasteiger partial charge >= 0.3 is 0 Å². The molecule has 2 aromatic carbocycles. The highest BCUT2D eigenvalue weighted by Gasteiger charge is 2.45. The molecule has 2 aromatic rings. The van der Waals surface area contributed by atoms with E-state index in [1.165, 1.54) is 6.07 Å². The smallest absolute Gasteiger partial charge is 0.134 e. The van der Waals surface area contributed by atoms with Gasteiger partial charge in [0.2, 0.25) is 0 Å². The third-order valence-corrected chi connectivity index (χ3v) is 5.48. The van der Waals surface area contributed by atoms with Crippen molar-refractivity contribution in [2.75, 3.05) is 0 Å². The van der Waals surface area contributed by atoms with Crippen LogP contribution in [0, 0.1) is 21.1 Å². The molecule has 21 heavy (non-hydrogen) atoms. The molecule has 0 fully saturated rings. The molecular formula is C18H17F2I. The van der Waals surface area contributed by atoms with E-state index >= 15 is 0 Å². The van der Waals surface area contributed by atoms with E-state index < -0.39 is 11.6 Å². The van der Waals surface area contributed by atoms with Crippen molar-refractivity contribution in [2.45, 2.75) is 32.6 Å². The molecule has 1 atom stereocenters. The van der Waals surface area contributed by atoms with Gasteiger partial charge < -0.3 is 0 Å². The van der Waals surface area contributed by atoms with Gasteiger partial charge in [-0.3, -0.25) is 0 Å². The molecule has 0 N–H and O–H groups in total. The Balaban J connectivity index is 2.46. The Bertz CT molecular complexity index is 721. The highest BCUT2D eigenvalue weighted by molar-refractivity contribution is 14.1. The molecule has 0 saturated carbocycles. The summed E-state index contributed by atoms with van der Waals surface area (Å²) in [7, 11) is 0. The minimum absolute atomic E-state index is 0.266. The minimum Gasteiger partial charge on any atom is -0.207 e. The summed E-state index contributed by atoms with van der Waals surface area (Å²) in [5.74, 6) is -0.683. The Morgan fingerprint density at radius 1 is 1.10 bits per heavy atom. The van der Waals surface area contributed by atoms with Crippen LogP contribution in [0.1, 0.15) is 38.3 Å². The number of fused-ring (bicyclic) bond motifs is 3. The first-order valence-corrected chi connectivity index (χ1v) is 8.29. The van der Waals surface area contributed by atoms with Gasteiger partial charge in [-0.2, -0.15) is 0 Å². The van der Waals surface area contributed by atoms with Crippen molar-refractivity contribution < 1.29 is 8.78 Å². The van der Waals surface area contributed by atoms with Gasteiger partial charge in [-0.15, -0.1) is 0 Å². The van der Waals surface area contributed by atoms with Gasteiger partial charge in [0.1, 0.15) is 11.6 Å². The van der Waals surface area contributed by atoms with Crippen LogP contribution in [0.2, 0.25) is 0 Å². The highest BCUT2D eigenvalue weighted by Crippen LogP contribution is 2.55. The van der Waals surface area contributed by atoms with Crippen molar-refractivity contribution in [3.8, 4) is 11.1 Å². The summed E-state index contributed by atoms with van der Waals surface area (Å²) >= 11 is 2.28. The molecule has 0 aliphatic heterocycles. The summed E-state index contributed by atoms with van der Waals surface area (Å²) < 4.78 is 29.4. The number of hydrogen-bond donors (Lipinski definition) is 0. The van der Waals surface area contributed by atoms with Crippen LogP contribution < -0.4 is 0 Å². The van der Waals surface area contributed by atoms with Gasteiger partial charge in [0.25, 0.3) is 0 Å². The van der Waals surface area contributed by atoms with E-state index in [2.05, 4.69) is 49.4 Å². The van der Waals surface area contributed by atoms with E-state index in [1.54, 1.807) is 0 Å². The summed E-state index contributed by atoms with van der Waals surface area (Å²) in [6, 6.07) is 8.59. The van der Waals surface area contributed by atoms with Gasteiger partial charge in [-0.1, -0.05) is 26.8 Å². The largest absolute Gasteiger partial charge is 0.207 e. The summed E-state index contributed by atoms with van der Waals surface area (Å²) in [4.78, 5) is 0. The van der Waals surface area contributed by atoms with Crippen molar-refractivity contribution in [3.05, 3.63) is 56.7 Å². The lowest BCUT2D eigenvalue weighted by molar-refractivity contribution is 0.364. The zero-order valence-electron chi connectivity index (χ0n) is 12.3.